The van der Waals surface area contributed by atoms with Gasteiger partial charge in [-0.3, -0.25) is 0 Å². The molecule has 1 heterocycles. The zero-order valence-electron chi connectivity index (χ0n) is 10.5. The van der Waals surface area contributed by atoms with Gasteiger partial charge in [-0.2, -0.15) is 4.98 Å². The van der Waals surface area contributed by atoms with Crippen LogP contribution in [0.3, 0.4) is 0 Å². The van der Waals surface area contributed by atoms with Crippen LogP contribution < -0.4 is 11.1 Å². The van der Waals surface area contributed by atoms with Gasteiger partial charge in [-0.25, -0.2) is 4.98 Å². The van der Waals surface area contributed by atoms with Crippen molar-refractivity contribution in [3.8, 4) is 0 Å². The van der Waals surface area contributed by atoms with E-state index in [1.165, 1.54) is 31.9 Å². The van der Waals surface area contributed by atoms with Crippen molar-refractivity contribution >= 4 is 23.4 Å². The van der Waals surface area contributed by atoms with Crippen LogP contribution in [0.15, 0.2) is 6.20 Å². The molecule has 96 valence electrons. The van der Waals surface area contributed by atoms with E-state index >= 15 is 0 Å². The van der Waals surface area contributed by atoms with Crippen molar-refractivity contribution in [1.82, 2.24) is 9.97 Å². The quantitative estimate of drug-likeness (QED) is 0.733. The van der Waals surface area contributed by atoms with Gasteiger partial charge < -0.3 is 11.1 Å². The highest BCUT2D eigenvalue weighted by molar-refractivity contribution is 6.32. The summed E-state index contributed by atoms with van der Waals surface area (Å²) in [6.07, 6.45) is 7.70. The first-order valence-electron chi connectivity index (χ1n) is 6.18. The molecule has 1 rings (SSSR count). The minimum Gasteiger partial charge on any atom is -0.368 e. The summed E-state index contributed by atoms with van der Waals surface area (Å²) in [5, 5.41) is 3.78. The Balaban J connectivity index is 2.39. The van der Waals surface area contributed by atoms with Crippen LogP contribution in [0, 0.1) is 0 Å². The van der Waals surface area contributed by atoms with Crippen LogP contribution in [0.4, 0.5) is 11.8 Å². The molecule has 0 spiro atoms. The maximum atomic E-state index is 5.98. The number of nitrogen functional groups attached to an aromatic ring is 1. The number of nitrogens with one attached hydrogen (secondary N) is 1. The molecule has 1 unspecified atom stereocenters. The molecule has 1 aromatic heterocycles. The molecule has 1 aromatic rings. The SMILES string of the molecule is CCCCCCC(C)Nc1nc(N)ncc1Cl. The Bertz CT molecular complexity index is 343. The Kier molecular flexibility index (Phi) is 6.05. The zero-order valence-corrected chi connectivity index (χ0v) is 11.3. The number of hydrogen-bond donors (Lipinski definition) is 2. The van der Waals surface area contributed by atoms with E-state index in [9.17, 15) is 0 Å². The Hall–Kier alpha value is -1.03. The molecule has 0 saturated carbocycles. The van der Waals surface area contributed by atoms with Gasteiger partial charge in [0.25, 0.3) is 0 Å². The molecule has 0 saturated heterocycles. The largest absolute Gasteiger partial charge is 0.368 e. The predicted octanol–water partition coefficient (Wildman–Crippen LogP) is 3.48. The van der Waals surface area contributed by atoms with Crippen LogP contribution in [0.2, 0.25) is 5.02 Å². The first kappa shape index (κ1) is 14.0. The van der Waals surface area contributed by atoms with Gasteiger partial charge in [-0.1, -0.05) is 44.2 Å². The van der Waals surface area contributed by atoms with Gasteiger partial charge in [0.05, 0.1) is 6.20 Å². The maximum absolute atomic E-state index is 5.98. The van der Waals surface area contributed by atoms with E-state index < -0.39 is 0 Å². The second-order valence-corrected chi connectivity index (χ2v) is 4.73. The first-order chi connectivity index (χ1) is 8.13. The number of unbranched alkanes of at least 4 members (excludes halogenated alkanes) is 3. The van der Waals surface area contributed by atoms with Crippen molar-refractivity contribution in [3.05, 3.63) is 11.2 Å². The highest BCUT2D eigenvalue weighted by Crippen LogP contribution is 2.20. The summed E-state index contributed by atoms with van der Waals surface area (Å²) in [4.78, 5) is 7.91. The van der Waals surface area contributed by atoms with Crippen LogP contribution in [-0.4, -0.2) is 16.0 Å². The summed E-state index contributed by atoms with van der Waals surface area (Å²) >= 11 is 5.98. The van der Waals surface area contributed by atoms with E-state index in [4.69, 9.17) is 17.3 Å². The van der Waals surface area contributed by atoms with Crippen molar-refractivity contribution in [3.63, 3.8) is 0 Å². The van der Waals surface area contributed by atoms with Crippen molar-refractivity contribution in [2.24, 2.45) is 0 Å². The molecule has 0 aliphatic heterocycles. The van der Waals surface area contributed by atoms with Gasteiger partial charge in [0.1, 0.15) is 5.02 Å². The third kappa shape index (κ3) is 5.22. The Morgan fingerprint density at radius 3 is 2.88 bits per heavy atom. The van der Waals surface area contributed by atoms with Gasteiger partial charge >= 0.3 is 0 Å². The fraction of sp³-hybridized carbons (Fsp3) is 0.667. The number of aromatic nitrogens is 2. The molecule has 0 aliphatic carbocycles. The summed E-state index contributed by atoms with van der Waals surface area (Å²) < 4.78 is 0. The third-order valence-electron chi connectivity index (χ3n) is 2.64. The second-order valence-electron chi connectivity index (χ2n) is 4.32. The first-order valence-corrected chi connectivity index (χ1v) is 6.55. The molecule has 4 nitrogen and oxygen atoms in total. The number of nitrogens with two attached hydrogens (primary N) is 1. The number of rotatable bonds is 7. The summed E-state index contributed by atoms with van der Waals surface area (Å²) in [5.74, 6) is 0.872. The van der Waals surface area contributed by atoms with Gasteiger partial charge in [0, 0.05) is 6.04 Å². The standard InChI is InChI=1S/C12H21ClN4/c1-3-4-5-6-7-9(2)16-11-10(13)8-15-12(14)17-11/h8-9H,3-7H2,1-2H3,(H3,14,15,16,17). The molecule has 0 radical (unpaired) electrons. The van der Waals surface area contributed by atoms with Crippen LogP contribution in [0.5, 0.6) is 0 Å². The van der Waals surface area contributed by atoms with Crippen molar-refractivity contribution in [1.29, 1.82) is 0 Å². The summed E-state index contributed by atoms with van der Waals surface area (Å²) in [5.41, 5.74) is 5.52. The molecule has 1 atom stereocenters. The summed E-state index contributed by atoms with van der Waals surface area (Å²) in [6, 6.07) is 0.346. The van der Waals surface area contributed by atoms with Crippen molar-refractivity contribution in [2.45, 2.75) is 52.0 Å². The van der Waals surface area contributed by atoms with E-state index in [0.717, 1.165) is 6.42 Å². The summed E-state index contributed by atoms with van der Waals surface area (Å²) in [6.45, 7) is 4.34. The van der Waals surface area contributed by atoms with Gasteiger partial charge in [-0.15, -0.1) is 0 Å². The van der Waals surface area contributed by atoms with Crippen LogP contribution in [0.25, 0.3) is 0 Å². The smallest absolute Gasteiger partial charge is 0.222 e. The average Bonchev–Trinajstić information content (AvgIpc) is 2.29. The molecule has 3 N–H and O–H groups in total. The van der Waals surface area contributed by atoms with E-state index in [1.54, 1.807) is 0 Å². The lowest BCUT2D eigenvalue weighted by atomic mass is 10.1. The Morgan fingerprint density at radius 2 is 2.18 bits per heavy atom. The molecular weight excluding hydrogens is 236 g/mol. The minimum absolute atomic E-state index is 0.245. The van der Waals surface area contributed by atoms with Crippen LogP contribution >= 0.6 is 11.6 Å². The predicted molar refractivity (Wildman–Crippen MR) is 73.3 cm³/mol. The van der Waals surface area contributed by atoms with Crippen LogP contribution in [0.1, 0.15) is 46.0 Å². The number of nitrogens with zero attached hydrogens (tertiary/aromatic N) is 2. The molecule has 17 heavy (non-hydrogen) atoms. The Labute approximate surface area is 108 Å². The molecule has 0 amide bonds. The minimum atomic E-state index is 0.245. The van der Waals surface area contributed by atoms with Crippen molar-refractivity contribution in [2.75, 3.05) is 11.1 Å². The lowest BCUT2D eigenvalue weighted by Gasteiger charge is -2.15. The molecule has 0 bridgehead atoms. The molecular formula is C12H21ClN4. The second kappa shape index (κ2) is 7.33. The highest BCUT2D eigenvalue weighted by atomic mass is 35.5. The normalized spacial score (nSPS) is 12.4. The third-order valence-corrected chi connectivity index (χ3v) is 2.91. The van der Waals surface area contributed by atoms with Gasteiger partial charge in [-0.05, 0) is 13.3 Å². The van der Waals surface area contributed by atoms with Crippen molar-refractivity contribution < 1.29 is 0 Å². The van der Waals surface area contributed by atoms with E-state index in [0.29, 0.717) is 16.9 Å². The lowest BCUT2D eigenvalue weighted by molar-refractivity contribution is 0.593. The van der Waals surface area contributed by atoms with Crippen LogP contribution in [-0.2, 0) is 0 Å². The lowest BCUT2D eigenvalue weighted by Crippen LogP contribution is -2.16. The molecule has 0 fully saturated rings. The number of hydrogen-bond acceptors (Lipinski definition) is 4. The number of anilines is 2. The fourth-order valence-electron chi connectivity index (χ4n) is 1.66. The molecule has 5 heteroatoms. The van der Waals surface area contributed by atoms with E-state index in [-0.39, 0.29) is 5.95 Å². The molecule has 0 aromatic carbocycles. The van der Waals surface area contributed by atoms with Gasteiger partial charge in [0.15, 0.2) is 5.82 Å². The average molecular weight is 257 g/mol. The highest BCUT2D eigenvalue weighted by Gasteiger charge is 2.07. The maximum Gasteiger partial charge on any atom is 0.222 e. The van der Waals surface area contributed by atoms with E-state index in [2.05, 4.69) is 29.1 Å². The number of halogens is 1. The van der Waals surface area contributed by atoms with Gasteiger partial charge in [0.2, 0.25) is 5.95 Å². The fourth-order valence-corrected chi connectivity index (χ4v) is 1.81. The topological polar surface area (TPSA) is 63.8 Å². The summed E-state index contributed by atoms with van der Waals surface area (Å²) in [7, 11) is 0. The Morgan fingerprint density at radius 1 is 1.41 bits per heavy atom. The zero-order chi connectivity index (χ0) is 12.7. The van der Waals surface area contributed by atoms with E-state index in [1.807, 2.05) is 0 Å². The monoisotopic (exact) mass is 256 g/mol. The molecule has 0 aliphatic rings.